The molecule has 0 aliphatic carbocycles. The minimum Gasteiger partial charge on any atom is -0.247 e. The molecule has 0 bridgehead atoms. The largest absolute Gasteiger partial charge is 0.247 e. The molecule has 0 saturated heterocycles. The van der Waals surface area contributed by atoms with Crippen LogP contribution in [0.3, 0.4) is 0 Å². The molecule has 0 atom stereocenters. The van der Waals surface area contributed by atoms with Gasteiger partial charge >= 0.3 is 0 Å². The van der Waals surface area contributed by atoms with E-state index in [1.807, 2.05) is 31.2 Å². The van der Waals surface area contributed by atoms with Crippen molar-refractivity contribution in [2.75, 3.05) is 0 Å². The predicted molar refractivity (Wildman–Crippen MR) is 55.5 cm³/mol. The molecule has 3 aromatic rings. The van der Waals surface area contributed by atoms with E-state index in [-0.39, 0.29) is 0 Å². The summed E-state index contributed by atoms with van der Waals surface area (Å²) < 4.78 is 1.74. The lowest BCUT2D eigenvalue weighted by Gasteiger charge is -2.02. The zero-order chi connectivity index (χ0) is 10.3. The molecule has 15 heavy (non-hydrogen) atoms. The number of benzene rings is 1. The SMILES string of the molecule is CCc1nc2ccccc2n2nnnc12. The number of rotatable bonds is 1. The summed E-state index contributed by atoms with van der Waals surface area (Å²) in [5.41, 5.74) is 3.54. The predicted octanol–water partition coefficient (Wildman–Crippen LogP) is 1.23. The summed E-state index contributed by atoms with van der Waals surface area (Å²) in [7, 11) is 0. The first-order chi connectivity index (χ1) is 7.40. The van der Waals surface area contributed by atoms with Gasteiger partial charge in [-0.2, -0.15) is 4.52 Å². The van der Waals surface area contributed by atoms with Gasteiger partial charge in [-0.05, 0) is 29.0 Å². The Balaban J connectivity index is 2.57. The lowest BCUT2D eigenvalue weighted by molar-refractivity contribution is 0.839. The summed E-state index contributed by atoms with van der Waals surface area (Å²) in [6, 6.07) is 7.85. The number of aryl methyl sites for hydroxylation is 1. The molecule has 5 nitrogen and oxygen atoms in total. The fraction of sp³-hybridized carbons (Fsp3) is 0.200. The summed E-state index contributed by atoms with van der Waals surface area (Å²) in [5, 5.41) is 11.6. The lowest BCUT2D eigenvalue weighted by Crippen LogP contribution is -1.98. The van der Waals surface area contributed by atoms with Crippen LogP contribution >= 0.6 is 0 Å². The molecule has 0 aliphatic heterocycles. The summed E-state index contributed by atoms with van der Waals surface area (Å²) in [6.07, 6.45) is 0.828. The van der Waals surface area contributed by atoms with Crippen molar-refractivity contribution in [2.24, 2.45) is 0 Å². The van der Waals surface area contributed by atoms with E-state index in [1.54, 1.807) is 4.52 Å². The number of fused-ring (bicyclic) bond motifs is 3. The minimum absolute atomic E-state index is 0.746. The fourth-order valence-corrected chi connectivity index (χ4v) is 1.70. The van der Waals surface area contributed by atoms with Gasteiger partial charge < -0.3 is 0 Å². The minimum atomic E-state index is 0.746. The van der Waals surface area contributed by atoms with Crippen molar-refractivity contribution >= 4 is 16.7 Å². The maximum atomic E-state index is 4.53. The summed E-state index contributed by atoms with van der Waals surface area (Å²) >= 11 is 0. The first kappa shape index (κ1) is 8.28. The van der Waals surface area contributed by atoms with Crippen LogP contribution in [-0.4, -0.2) is 25.0 Å². The molecule has 5 heteroatoms. The van der Waals surface area contributed by atoms with Gasteiger partial charge in [-0.1, -0.05) is 19.1 Å². The molecule has 0 amide bonds. The average Bonchev–Trinajstić information content (AvgIpc) is 2.77. The van der Waals surface area contributed by atoms with E-state index in [4.69, 9.17) is 0 Å². The van der Waals surface area contributed by atoms with Crippen LogP contribution < -0.4 is 0 Å². The highest BCUT2D eigenvalue weighted by molar-refractivity contribution is 5.77. The van der Waals surface area contributed by atoms with Crippen molar-refractivity contribution in [3.8, 4) is 0 Å². The highest BCUT2D eigenvalue weighted by Crippen LogP contribution is 2.14. The number of tetrazole rings is 1. The maximum Gasteiger partial charge on any atom is 0.201 e. The van der Waals surface area contributed by atoms with Crippen molar-refractivity contribution in [3.05, 3.63) is 30.0 Å². The zero-order valence-corrected chi connectivity index (χ0v) is 8.25. The molecule has 1 aromatic carbocycles. The third kappa shape index (κ3) is 1.09. The van der Waals surface area contributed by atoms with Crippen molar-refractivity contribution in [2.45, 2.75) is 13.3 Å². The van der Waals surface area contributed by atoms with Crippen LogP contribution in [0.15, 0.2) is 24.3 Å². The Morgan fingerprint density at radius 2 is 2.13 bits per heavy atom. The summed E-state index contributed by atoms with van der Waals surface area (Å²) in [5.74, 6) is 0. The number of nitrogens with zero attached hydrogens (tertiary/aromatic N) is 5. The van der Waals surface area contributed by atoms with Crippen molar-refractivity contribution in [1.82, 2.24) is 25.0 Å². The Bertz CT molecular complexity index is 628. The van der Waals surface area contributed by atoms with Crippen LogP contribution in [0.2, 0.25) is 0 Å². The molecule has 2 heterocycles. The number of aromatic nitrogens is 5. The van der Waals surface area contributed by atoms with E-state index in [0.717, 1.165) is 28.8 Å². The smallest absolute Gasteiger partial charge is 0.201 e. The highest BCUT2D eigenvalue weighted by Gasteiger charge is 2.08. The van der Waals surface area contributed by atoms with Crippen molar-refractivity contribution in [3.63, 3.8) is 0 Å². The van der Waals surface area contributed by atoms with Crippen molar-refractivity contribution < 1.29 is 0 Å². The van der Waals surface area contributed by atoms with E-state index in [9.17, 15) is 0 Å². The fourth-order valence-electron chi connectivity index (χ4n) is 1.70. The number of hydrogen-bond acceptors (Lipinski definition) is 4. The second-order valence-corrected chi connectivity index (χ2v) is 3.32. The highest BCUT2D eigenvalue weighted by atomic mass is 15.5. The van der Waals surface area contributed by atoms with E-state index < -0.39 is 0 Å². The summed E-state index contributed by atoms with van der Waals surface area (Å²) in [4.78, 5) is 4.53. The zero-order valence-electron chi connectivity index (χ0n) is 8.25. The molecule has 0 unspecified atom stereocenters. The average molecular weight is 199 g/mol. The van der Waals surface area contributed by atoms with E-state index in [1.165, 1.54) is 0 Å². The second-order valence-electron chi connectivity index (χ2n) is 3.32. The molecule has 0 radical (unpaired) electrons. The molecule has 0 saturated carbocycles. The van der Waals surface area contributed by atoms with Gasteiger partial charge in [0.2, 0.25) is 5.65 Å². The molecule has 0 aliphatic rings. The third-order valence-electron chi connectivity index (χ3n) is 2.43. The lowest BCUT2D eigenvalue weighted by atomic mass is 10.2. The first-order valence-corrected chi connectivity index (χ1v) is 4.86. The number of hydrogen-bond donors (Lipinski definition) is 0. The van der Waals surface area contributed by atoms with Gasteiger partial charge in [-0.15, -0.1) is 5.10 Å². The van der Waals surface area contributed by atoms with E-state index in [2.05, 4.69) is 20.5 Å². The Kier molecular flexibility index (Phi) is 1.65. The monoisotopic (exact) mass is 199 g/mol. The molecule has 2 aromatic heterocycles. The normalized spacial score (nSPS) is 11.3. The molecule has 0 N–H and O–H groups in total. The van der Waals surface area contributed by atoms with Crippen LogP contribution in [0, 0.1) is 0 Å². The van der Waals surface area contributed by atoms with Crippen LogP contribution in [0.1, 0.15) is 12.6 Å². The Labute approximate surface area is 85.7 Å². The van der Waals surface area contributed by atoms with Gasteiger partial charge in [-0.25, -0.2) is 4.98 Å². The van der Waals surface area contributed by atoms with Gasteiger partial charge in [0, 0.05) is 0 Å². The topological polar surface area (TPSA) is 56.0 Å². The molecule has 74 valence electrons. The van der Waals surface area contributed by atoms with Crippen LogP contribution in [0.25, 0.3) is 16.7 Å². The second kappa shape index (κ2) is 2.98. The van der Waals surface area contributed by atoms with Crippen LogP contribution in [0.4, 0.5) is 0 Å². The molecule has 0 spiro atoms. The molecule has 0 fully saturated rings. The van der Waals surface area contributed by atoms with Gasteiger partial charge in [0.25, 0.3) is 0 Å². The van der Waals surface area contributed by atoms with Gasteiger partial charge in [-0.3, -0.25) is 0 Å². The molecular formula is C10H9N5. The van der Waals surface area contributed by atoms with Crippen molar-refractivity contribution in [1.29, 1.82) is 0 Å². The Morgan fingerprint density at radius 1 is 1.27 bits per heavy atom. The first-order valence-electron chi connectivity index (χ1n) is 4.86. The molecular weight excluding hydrogens is 190 g/mol. The Morgan fingerprint density at radius 3 is 3.00 bits per heavy atom. The van der Waals surface area contributed by atoms with Gasteiger partial charge in [0.05, 0.1) is 16.7 Å². The maximum absolute atomic E-state index is 4.53. The van der Waals surface area contributed by atoms with Gasteiger partial charge in [0.1, 0.15) is 0 Å². The standard InChI is InChI=1S/C10H9N5/c1-2-7-10-12-13-14-15(10)9-6-4-3-5-8(9)11-7/h3-6H,2H2,1H3. The van der Waals surface area contributed by atoms with Gasteiger partial charge in [0.15, 0.2) is 0 Å². The van der Waals surface area contributed by atoms with Crippen LogP contribution in [-0.2, 0) is 6.42 Å². The van der Waals surface area contributed by atoms with E-state index in [0.29, 0.717) is 0 Å². The van der Waals surface area contributed by atoms with Crippen LogP contribution in [0.5, 0.6) is 0 Å². The number of para-hydroxylation sites is 2. The Hall–Kier alpha value is -2.04. The molecule has 3 rings (SSSR count). The quantitative estimate of drug-likeness (QED) is 0.591. The summed E-state index contributed by atoms with van der Waals surface area (Å²) in [6.45, 7) is 2.05. The van der Waals surface area contributed by atoms with E-state index >= 15 is 0 Å². The third-order valence-corrected chi connectivity index (χ3v) is 2.43.